The summed E-state index contributed by atoms with van der Waals surface area (Å²) in [6.07, 6.45) is 0. The lowest BCUT2D eigenvalue weighted by atomic mass is 10.4. The van der Waals surface area contributed by atoms with Crippen molar-refractivity contribution < 1.29 is 13.6 Å². The topological polar surface area (TPSA) is 35.5 Å². The highest BCUT2D eigenvalue weighted by atomic mass is 28.4. The van der Waals surface area contributed by atoms with Crippen LogP contribution in [0.25, 0.3) is 0 Å². The Morgan fingerprint density at radius 3 is 2.18 bits per heavy atom. The van der Waals surface area contributed by atoms with Crippen LogP contribution in [0.15, 0.2) is 12.2 Å². The molecule has 0 aliphatic rings. The van der Waals surface area contributed by atoms with E-state index in [0.717, 1.165) is 0 Å². The zero-order valence-corrected chi connectivity index (χ0v) is 8.43. The normalized spacial score (nSPS) is 10.9. The maximum Gasteiger partial charge on any atom is 0.395 e. The standard InChI is InChI=1S/C7H14O3Si/c1-6(2)7(8)10-11(4,5)9-3/h1H2,2-5H3. The minimum absolute atomic E-state index is 0.372. The van der Waals surface area contributed by atoms with Gasteiger partial charge in [-0.25, -0.2) is 4.79 Å². The quantitative estimate of drug-likeness (QED) is 0.480. The molecule has 0 saturated carbocycles. The van der Waals surface area contributed by atoms with E-state index in [1.165, 1.54) is 7.11 Å². The molecule has 0 bridgehead atoms. The number of carbonyl (C=O) groups excluding carboxylic acids is 1. The van der Waals surface area contributed by atoms with Gasteiger partial charge in [-0.3, -0.25) is 0 Å². The van der Waals surface area contributed by atoms with E-state index in [9.17, 15) is 4.79 Å². The Morgan fingerprint density at radius 2 is 1.91 bits per heavy atom. The number of hydrogen-bond donors (Lipinski definition) is 0. The third-order valence-electron chi connectivity index (χ3n) is 1.18. The molecule has 0 fully saturated rings. The lowest BCUT2D eigenvalue weighted by Crippen LogP contribution is -2.36. The first kappa shape index (κ1) is 10.4. The molecule has 0 aliphatic heterocycles. The average molecular weight is 174 g/mol. The minimum Gasteiger partial charge on any atom is -0.491 e. The molecule has 0 radical (unpaired) electrons. The summed E-state index contributed by atoms with van der Waals surface area (Å²) in [5.74, 6) is -0.372. The van der Waals surface area contributed by atoms with Crippen LogP contribution in [0.5, 0.6) is 0 Å². The first-order valence-corrected chi connectivity index (χ1v) is 6.14. The number of rotatable bonds is 3. The highest BCUT2D eigenvalue weighted by Gasteiger charge is 2.27. The molecular weight excluding hydrogens is 160 g/mol. The predicted molar refractivity (Wildman–Crippen MR) is 45.4 cm³/mol. The van der Waals surface area contributed by atoms with Crippen LogP contribution >= 0.6 is 0 Å². The molecule has 3 nitrogen and oxygen atoms in total. The molecule has 64 valence electrons. The van der Waals surface area contributed by atoms with E-state index in [0.29, 0.717) is 5.57 Å². The van der Waals surface area contributed by atoms with Crippen molar-refractivity contribution in [2.75, 3.05) is 7.11 Å². The van der Waals surface area contributed by atoms with E-state index >= 15 is 0 Å². The zero-order chi connectivity index (χ0) is 9.07. The monoisotopic (exact) mass is 174 g/mol. The van der Waals surface area contributed by atoms with Crippen LogP contribution in [0.2, 0.25) is 13.1 Å². The molecule has 0 atom stereocenters. The summed E-state index contributed by atoms with van der Waals surface area (Å²) in [6.45, 7) is 8.68. The summed E-state index contributed by atoms with van der Waals surface area (Å²) < 4.78 is 10.0. The molecule has 0 N–H and O–H groups in total. The Labute approximate surface area is 68.3 Å². The Hall–Kier alpha value is -0.613. The molecule has 11 heavy (non-hydrogen) atoms. The van der Waals surface area contributed by atoms with E-state index < -0.39 is 8.56 Å². The van der Waals surface area contributed by atoms with Gasteiger partial charge in [0.15, 0.2) is 0 Å². The van der Waals surface area contributed by atoms with Crippen LogP contribution in [0.3, 0.4) is 0 Å². The lowest BCUT2D eigenvalue weighted by Gasteiger charge is -2.19. The van der Waals surface area contributed by atoms with Crippen LogP contribution in [0, 0.1) is 0 Å². The summed E-state index contributed by atoms with van der Waals surface area (Å²) in [6, 6.07) is 0. The van der Waals surface area contributed by atoms with Crippen LogP contribution in [-0.2, 0) is 13.6 Å². The van der Waals surface area contributed by atoms with Gasteiger partial charge in [-0.1, -0.05) is 6.58 Å². The van der Waals surface area contributed by atoms with Gasteiger partial charge in [0.2, 0.25) is 0 Å². The van der Waals surface area contributed by atoms with Gasteiger partial charge >= 0.3 is 14.5 Å². The molecule has 0 saturated heterocycles. The number of hydrogen-bond acceptors (Lipinski definition) is 3. The SMILES string of the molecule is C=C(C)C(=O)O[Si](C)(C)OC. The van der Waals surface area contributed by atoms with Gasteiger partial charge in [0.05, 0.1) is 0 Å². The largest absolute Gasteiger partial charge is 0.491 e. The van der Waals surface area contributed by atoms with Gasteiger partial charge < -0.3 is 8.85 Å². The van der Waals surface area contributed by atoms with Crippen molar-refractivity contribution in [2.45, 2.75) is 20.0 Å². The van der Waals surface area contributed by atoms with Crippen LogP contribution < -0.4 is 0 Å². The third kappa shape index (κ3) is 3.95. The first-order chi connectivity index (χ1) is 4.89. The van der Waals surface area contributed by atoms with Gasteiger partial charge in [0, 0.05) is 12.7 Å². The molecule has 0 aromatic heterocycles. The van der Waals surface area contributed by atoms with Gasteiger partial charge in [-0.15, -0.1) is 0 Å². The van der Waals surface area contributed by atoms with Gasteiger partial charge in [-0.2, -0.15) is 0 Å². The molecule has 0 unspecified atom stereocenters. The van der Waals surface area contributed by atoms with Gasteiger partial charge in [-0.05, 0) is 20.0 Å². The van der Waals surface area contributed by atoms with Crippen LogP contribution in [0.1, 0.15) is 6.92 Å². The van der Waals surface area contributed by atoms with Crippen molar-refractivity contribution in [1.29, 1.82) is 0 Å². The molecule has 0 aromatic rings. The Balaban J connectivity index is 4.04. The molecular formula is C7H14O3Si. The Morgan fingerprint density at radius 1 is 1.45 bits per heavy atom. The summed E-state index contributed by atoms with van der Waals surface area (Å²) in [5, 5.41) is 0. The molecule has 0 aromatic carbocycles. The second-order valence-corrected chi connectivity index (χ2v) is 6.19. The fourth-order valence-electron chi connectivity index (χ4n) is 0.352. The second-order valence-electron chi connectivity index (χ2n) is 2.77. The van der Waals surface area contributed by atoms with Crippen molar-refractivity contribution in [3.63, 3.8) is 0 Å². The van der Waals surface area contributed by atoms with Crippen LogP contribution in [-0.4, -0.2) is 21.6 Å². The molecule has 0 spiro atoms. The maximum atomic E-state index is 11.0. The van der Waals surface area contributed by atoms with Gasteiger partial charge in [0.25, 0.3) is 0 Å². The summed E-state index contributed by atoms with van der Waals surface area (Å²) in [5.41, 5.74) is 0.405. The van der Waals surface area contributed by atoms with E-state index in [1.807, 2.05) is 0 Å². The number of carbonyl (C=O) groups is 1. The summed E-state index contributed by atoms with van der Waals surface area (Å²) in [4.78, 5) is 11.0. The maximum absolute atomic E-state index is 11.0. The fourth-order valence-corrected chi connectivity index (χ4v) is 1.06. The Bertz CT molecular complexity index is 175. The smallest absolute Gasteiger partial charge is 0.395 e. The first-order valence-electron chi connectivity index (χ1n) is 3.33. The minimum atomic E-state index is -2.21. The predicted octanol–water partition coefficient (Wildman–Crippen LogP) is 1.45. The van der Waals surface area contributed by atoms with Crippen molar-refractivity contribution in [3.8, 4) is 0 Å². The van der Waals surface area contributed by atoms with E-state index in [4.69, 9.17) is 8.85 Å². The zero-order valence-electron chi connectivity index (χ0n) is 7.43. The second kappa shape index (κ2) is 3.68. The molecule has 0 aliphatic carbocycles. The molecule has 0 rings (SSSR count). The van der Waals surface area contributed by atoms with Crippen molar-refractivity contribution >= 4 is 14.5 Å². The highest BCUT2D eigenvalue weighted by molar-refractivity contribution is 6.66. The van der Waals surface area contributed by atoms with E-state index in [1.54, 1.807) is 20.0 Å². The van der Waals surface area contributed by atoms with Crippen LogP contribution in [0.4, 0.5) is 0 Å². The summed E-state index contributed by atoms with van der Waals surface area (Å²) in [7, 11) is -0.674. The molecule has 0 heterocycles. The van der Waals surface area contributed by atoms with E-state index in [2.05, 4.69) is 6.58 Å². The molecule has 4 heteroatoms. The van der Waals surface area contributed by atoms with Crippen molar-refractivity contribution in [3.05, 3.63) is 12.2 Å². The van der Waals surface area contributed by atoms with Gasteiger partial charge in [0.1, 0.15) is 0 Å². The van der Waals surface area contributed by atoms with Crippen molar-refractivity contribution in [2.24, 2.45) is 0 Å². The summed E-state index contributed by atoms with van der Waals surface area (Å²) >= 11 is 0. The third-order valence-corrected chi connectivity index (χ3v) is 2.84. The fraction of sp³-hybridized carbons (Fsp3) is 0.571. The van der Waals surface area contributed by atoms with E-state index in [-0.39, 0.29) is 5.97 Å². The average Bonchev–Trinajstić information content (AvgIpc) is 1.87. The Kier molecular flexibility index (Phi) is 3.48. The van der Waals surface area contributed by atoms with Crippen molar-refractivity contribution in [1.82, 2.24) is 0 Å². The highest BCUT2D eigenvalue weighted by Crippen LogP contribution is 2.07. The lowest BCUT2D eigenvalue weighted by molar-refractivity contribution is -0.132. The molecule has 0 amide bonds.